The Kier molecular flexibility index (Phi) is 4.98. The van der Waals surface area contributed by atoms with Crippen molar-refractivity contribution in [2.75, 3.05) is 19.6 Å². The van der Waals surface area contributed by atoms with Gasteiger partial charge in [0.25, 0.3) is 5.91 Å². The standard InChI is InChI=1S/C16H27N3O4/c1-4-5-6-9-18-10-7-16(8-11-18)12(20)19(14(23)17-16)15(2,3)13(21)22/h4-11H2,1-3H3,(H,17,23)(H,21,22). The number of rotatable bonds is 6. The first kappa shape index (κ1) is 17.7. The van der Waals surface area contributed by atoms with Gasteiger partial charge in [0.15, 0.2) is 0 Å². The second-order valence-electron chi connectivity index (χ2n) is 7.07. The molecule has 130 valence electrons. The van der Waals surface area contributed by atoms with Crippen LogP contribution in [0, 0.1) is 0 Å². The average molecular weight is 325 g/mol. The Morgan fingerprint density at radius 2 is 1.87 bits per heavy atom. The van der Waals surface area contributed by atoms with E-state index in [4.69, 9.17) is 0 Å². The molecule has 2 rings (SSSR count). The topological polar surface area (TPSA) is 90.0 Å². The van der Waals surface area contributed by atoms with E-state index in [9.17, 15) is 19.5 Å². The monoisotopic (exact) mass is 325 g/mol. The minimum Gasteiger partial charge on any atom is -0.480 e. The fourth-order valence-corrected chi connectivity index (χ4v) is 3.31. The maximum atomic E-state index is 12.8. The average Bonchev–Trinajstić information content (AvgIpc) is 2.72. The number of urea groups is 1. The van der Waals surface area contributed by atoms with E-state index >= 15 is 0 Å². The van der Waals surface area contributed by atoms with Crippen LogP contribution in [-0.2, 0) is 9.59 Å². The number of carboxylic acids is 1. The number of likely N-dealkylation sites (tertiary alicyclic amines) is 1. The summed E-state index contributed by atoms with van der Waals surface area (Å²) in [5.74, 6) is -1.59. The molecule has 0 unspecified atom stereocenters. The molecule has 0 aromatic rings. The van der Waals surface area contributed by atoms with Gasteiger partial charge < -0.3 is 15.3 Å². The van der Waals surface area contributed by atoms with E-state index in [-0.39, 0.29) is 0 Å². The second kappa shape index (κ2) is 6.47. The molecular weight excluding hydrogens is 298 g/mol. The Morgan fingerprint density at radius 1 is 1.26 bits per heavy atom. The fraction of sp³-hybridized carbons (Fsp3) is 0.812. The van der Waals surface area contributed by atoms with Gasteiger partial charge in [-0.1, -0.05) is 19.8 Å². The van der Waals surface area contributed by atoms with Gasteiger partial charge in [-0.15, -0.1) is 0 Å². The molecule has 2 heterocycles. The van der Waals surface area contributed by atoms with Crippen LogP contribution in [0.4, 0.5) is 4.79 Å². The van der Waals surface area contributed by atoms with Crippen molar-refractivity contribution in [3.05, 3.63) is 0 Å². The van der Waals surface area contributed by atoms with Gasteiger partial charge in [-0.3, -0.25) is 4.79 Å². The lowest BCUT2D eigenvalue weighted by Gasteiger charge is -2.38. The number of aliphatic carboxylic acids is 1. The highest BCUT2D eigenvalue weighted by atomic mass is 16.4. The van der Waals surface area contributed by atoms with Gasteiger partial charge in [0.05, 0.1) is 0 Å². The van der Waals surface area contributed by atoms with Crippen molar-refractivity contribution >= 4 is 17.9 Å². The molecule has 2 aliphatic heterocycles. The summed E-state index contributed by atoms with van der Waals surface area (Å²) in [6.07, 6.45) is 4.58. The van der Waals surface area contributed by atoms with Crippen LogP contribution in [-0.4, -0.2) is 63.5 Å². The minimum absolute atomic E-state index is 0.400. The van der Waals surface area contributed by atoms with Crippen LogP contribution in [0.1, 0.15) is 52.9 Å². The van der Waals surface area contributed by atoms with Crippen molar-refractivity contribution in [2.45, 2.75) is 64.0 Å². The molecule has 7 heteroatoms. The van der Waals surface area contributed by atoms with E-state index in [0.717, 1.165) is 31.0 Å². The van der Waals surface area contributed by atoms with Crippen LogP contribution < -0.4 is 5.32 Å². The van der Waals surface area contributed by atoms with Crippen molar-refractivity contribution < 1.29 is 19.5 Å². The normalized spacial score (nSPS) is 21.8. The molecule has 0 atom stereocenters. The lowest BCUT2D eigenvalue weighted by atomic mass is 9.86. The van der Waals surface area contributed by atoms with Gasteiger partial charge in [-0.05, 0) is 39.7 Å². The zero-order valence-corrected chi connectivity index (χ0v) is 14.2. The summed E-state index contributed by atoms with van der Waals surface area (Å²) in [4.78, 5) is 39.6. The summed E-state index contributed by atoms with van der Waals surface area (Å²) in [7, 11) is 0. The van der Waals surface area contributed by atoms with E-state index in [2.05, 4.69) is 17.1 Å². The van der Waals surface area contributed by atoms with Crippen LogP contribution >= 0.6 is 0 Å². The van der Waals surface area contributed by atoms with Crippen LogP contribution in [0.3, 0.4) is 0 Å². The van der Waals surface area contributed by atoms with E-state index < -0.39 is 29.0 Å². The number of amides is 3. The first-order valence-electron chi connectivity index (χ1n) is 8.37. The first-order chi connectivity index (χ1) is 10.7. The summed E-state index contributed by atoms with van der Waals surface area (Å²) in [5.41, 5.74) is -2.46. The minimum atomic E-state index is -1.54. The van der Waals surface area contributed by atoms with Crippen LogP contribution in [0.15, 0.2) is 0 Å². The molecule has 2 saturated heterocycles. The summed E-state index contributed by atoms with van der Waals surface area (Å²) >= 11 is 0. The van der Waals surface area contributed by atoms with Crippen molar-refractivity contribution in [2.24, 2.45) is 0 Å². The molecule has 0 aromatic heterocycles. The van der Waals surface area contributed by atoms with E-state index in [1.165, 1.54) is 26.7 Å². The number of nitrogens with zero attached hydrogens (tertiary/aromatic N) is 2. The van der Waals surface area contributed by atoms with Gasteiger partial charge in [0.1, 0.15) is 11.1 Å². The Hall–Kier alpha value is -1.63. The van der Waals surface area contributed by atoms with Gasteiger partial charge in [-0.2, -0.15) is 0 Å². The molecule has 0 aliphatic carbocycles. The number of carbonyl (C=O) groups excluding carboxylic acids is 2. The van der Waals surface area contributed by atoms with Gasteiger partial charge in [0.2, 0.25) is 0 Å². The van der Waals surface area contributed by atoms with Gasteiger partial charge >= 0.3 is 12.0 Å². The molecule has 2 fully saturated rings. The lowest BCUT2D eigenvalue weighted by molar-refractivity contribution is -0.154. The predicted octanol–water partition coefficient (Wildman–Crippen LogP) is 1.43. The Morgan fingerprint density at radius 3 is 2.39 bits per heavy atom. The first-order valence-corrected chi connectivity index (χ1v) is 8.37. The number of hydrogen-bond donors (Lipinski definition) is 2. The van der Waals surface area contributed by atoms with Crippen molar-refractivity contribution in [1.82, 2.24) is 15.1 Å². The van der Waals surface area contributed by atoms with Crippen molar-refractivity contribution in [1.29, 1.82) is 0 Å². The van der Waals surface area contributed by atoms with Crippen LogP contribution in [0.25, 0.3) is 0 Å². The lowest BCUT2D eigenvalue weighted by Crippen LogP contribution is -2.57. The third kappa shape index (κ3) is 3.20. The molecule has 1 spiro atoms. The maximum Gasteiger partial charge on any atom is 0.329 e. The molecule has 0 saturated carbocycles. The van der Waals surface area contributed by atoms with Crippen LogP contribution in [0.5, 0.6) is 0 Å². The smallest absolute Gasteiger partial charge is 0.329 e. The number of carbonyl (C=O) groups is 3. The molecule has 7 nitrogen and oxygen atoms in total. The van der Waals surface area contributed by atoms with Crippen LogP contribution in [0.2, 0.25) is 0 Å². The Balaban J connectivity index is 2.04. The molecule has 0 radical (unpaired) electrons. The molecule has 23 heavy (non-hydrogen) atoms. The fourth-order valence-electron chi connectivity index (χ4n) is 3.31. The zero-order valence-electron chi connectivity index (χ0n) is 14.2. The second-order valence-corrected chi connectivity index (χ2v) is 7.07. The van der Waals surface area contributed by atoms with Crippen molar-refractivity contribution in [3.63, 3.8) is 0 Å². The Labute approximate surface area is 137 Å². The summed E-state index contributed by atoms with van der Waals surface area (Å²) in [5, 5.41) is 12.1. The molecule has 0 bridgehead atoms. The highest BCUT2D eigenvalue weighted by molar-refractivity contribution is 6.10. The maximum absolute atomic E-state index is 12.8. The Bertz CT molecular complexity index is 496. The summed E-state index contributed by atoms with van der Waals surface area (Å²) in [6.45, 7) is 7.43. The molecule has 2 aliphatic rings. The number of hydrogen-bond acceptors (Lipinski definition) is 4. The van der Waals surface area contributed by atoms with Gasteiger partial charge in [0, 0.05) is 13.1 Å². The highest BCUT2D eigenvalue weighted by Gasteiger charge is 2.57. The number of unbranched alkanes of at least 4 members (excludes halogenated alkanes) is 2. The number of nitrogens with one attached hydrogen (secondary N) is 1. The van der Waals surface area contributed by atoms with E-state index in [1.807, 2.05) is 0 Å². The predicted molar refractivity (Wildman–Crippen MR) is 85.0 cm³/mol. The van der Waals surface area contributed by atoms with E-state index in [0.29, 0.717) is 12.8 Å². The number of imide groups is 1. The third-order valence-electron chi connectivity index (χ3n) is 5.03. The van der Waals surface area contributed by atoms with Crippen molar-refractivity contribution in [3.8, 4) is 0 Å². The summed E-state index contributed by atoms with van der Waals surface area (Å²) in [6, 6.07) is -0.596. The quantitative estimate of drug-likeness (QED) is 0.569. The molecular formula is C16H27N3O4. The molecule has 2 N–H and O–H groups in total. The summed E-state index contributed by atoms with van der Waals surface area (Å²) < 4.78 is 0. The largest absolute Gasteiger partial charge is 0.480 e. The number of piperidine rings is 1. The van der Waals surface area contributed by atoms with Gasteiger partial charge in [-0.25, -0.2) is 14.5 Å². The highest BCUT2D eigenvalue weighted by Crippen LogP contribution is 2.33. The third-order valence-corrected chi connectivity index (χ3v) is 5.03. The molecule has 3 amide bonds. The number of carboxylic acid groups (broad SMARTS) is 1. The zero-order chi connectivity index (χ0) is 17.3. The van der Waals surface area contributed by atoms with E-state index in [1.54, 1.807) is 0 Å². The SMILES string of the molecule is CCCCCN1CCC2(CC1)NC(=O)N(C(C)(C)C(=O)O)C2=O. The molecule has 0 aromatic carbocycles.